The zero-order valence-electron chi connectivity index (χ0n) is 45.1. The topological polar surface area (TPSA) is 246 Å². The van der Waals surface area contributed by atoms with Crippen LogP contribution in [0.5, 0.6) is 0 Å². The molecule has 0 radical (unpaired) electrons. The van der Waals surface area contributed by atoms with Gasteiger partial charge in [0.1, 0.15) is 91.7 Å². The van der Waals surface area contributed by atoms with Gasteiger partial charge in [-0.25, -0.2) is 48.7 Å². The summed E-state index contributed by atoms with van der Waals surface area (Å²) in [5.41, 5.74) is 13.4. The number of thiazole rings is 2. The van der Waals surface area contributed by atoms with Gasteiger partial charge in [-0.3, -0.25) is 22.8 Å². The lowest BCUT2D eigenvalue weighted by atomic mass is 10.1. The molecule has 0 unspecified atom stereocenters. The minimum absolute atomic E-state index is 0. The largest absolute Gasteiger partial charge is 0.481 e. The second kappa shape index (κ2) is 28.8. The molecule has 0 aliphatic heterocycles. The maximum atomic E-state index is 13.5. The molecule has 0 atom stereocenters. The molecule has 8 aromatic heterocycles. The lowest BCUT2D eigenvalue weighted by molar-refractivity contribution is -0.136. The summed E-state index contributed by atoms with van der Waals surface area (Å²) >= 11 is 2.52. The number of ketones is 1. The number of alkyl halides is 1. The third-order valence-electron chi connectivity index (χ3n) is 12.0. The van der Waals surface area contributed by atoms with Gasteiger partial charge < -0.3 is 20.6 Å². The number of nitrogens with two attached hydrogens (primary N) is 1. The number of carboxylic acids is 1. The van der Waals surface area contributed by atoms with Crippen LogP contribution >= 0.6 is 35.1 Å². The summed E-state index contributed by atoms with van der Waals surface area (Å²) in [5.74, 6) is 0.786. The fraction of sp³-hybridized carbons (Fsp3) is 0.228. The van der Waals surface area contributed by atoms with E-state index in [-0.39, 0.29) is 55.9 Å². The Labute approximate surface area is 481 Å². The van der Waals surface area contributed by atoms with Crippen LogP contribution in [-0.4, -0.2) is 93.8 Å². The standard InChI is InChI=1S/C28H24FN7OS.C26H20FN7O2S.CH3F.CH5N.CH4.ClH/c1-4-21(37)12-24-31-14-19(15-32-24)18-8-11-25-33-22(5-2)27(36(25)16-18)35(3)28-34-26(23(13-30)38-28)17-6-9-20(29)10-7-17;1-3-19-25(33(2)26-32-24(20(11-28)37-26)15-4-7-18(27)8-5-15)34-14-16(6-9-22(34)31-19)17-12-29-21(30-13-17)10-23(35)36;2*1-2;;/h6-11,14-16H,4-5,12H2,1-3H3;4-9,12-14H,3,10H2,1-2H3,(H,35,36);1H3;2H2,1H3;1H4;1H/i;;1D;;;. The molecule has 0 saturated carbocycles. The first kappa shape index (κ1) is 61.2. The summed E-state index contributed by atoms with van der Waals surface area (Å²) in [6, 6.07) is 24.0. The summed E-state index contributed by atoms with van der Waals surface area (Å²) < 4.78 is 46.3. The van der Waals surface area contributed by atoms with Gasteiger partial charge in [0.2, 0.25) is 0 Å². The molecule has 0 aliphatic carbocycles. The highest BCUT2D eigenvalue weighted by Crippen LogP contribution is 2.39. The Balaban J connectivity index is 0.000000273. The van der Waals surface area contributed by atoms with Crippen LogP contribution in [0.4, 0.5) is 35.1 Å². The number of fused-ring (bicyclic) bond motifs is 2. The average molecular weight is 1160 g/mol. The van der Waals surface area contributed by atoms with E-state index in [1.54, 1.807) is 49.1 Å². The van der Waals surface area contributed by atoms with Gasteiger partial charge in [-0.05, 0) is 92.7 Å². The number of nitrogens with zero attached hydrogens (tertiary/aromatic N) is 14. The Morgan fingerprint density at radius 1 is 0.630 bits per heavy atom. The molecule has 18 nitrogen and oxygen atoms in total. The number of carbonyl (C=O) groups is 2. The molecule has 0 bridgehead atoms. The Kier molecular flexibility index (Phi) is 21.7. The Morgan fingerprint density at radius 2 is 0.988 bits per heavy atom. The number of hydrogen-bond acceptors (Lipinski definition) is 17. The number of anilines is 4. The van der Waals surface area contributed by atoms with Crippen LogP contribution in [0.15, 0.2) is 110 Å². The van der Waals surface area contributed by atoms with E-state index < -0.39 is 13.1 Å². The first-order valence-corrected chi connectivity index (χ1v) is 26.0. The van der Waals surface area contributed by atoms with Gasteiger partial charge >= 0.3 is 5.97 Å². The van der Waals surface area contributed by atoms with Crippen molar-refractivity contribution in [1.82, 2.24) is 48.7 Å². The van der Waals surface area contributed by atoms with Crippen LogP contribution in [0.25, 0.3) is 56.1 Å². The van der Waals surface area contributed by atoms with E-state index in [9.17, 15) is 33.3 Å². The molecular weight excluding hydrogens is 1100 g/mol. The summed E-state index contributed by atoms with van der Waals surface area (Å²) in [5, 5.41) is 29.7. The number of Topliss-reactive ketones (excluding diaryl/α,β-unsaturated/α-hetero) is 1. The molecule has 3 N–H and O–H groups in total. The summed E-state index contributed by atoms with van der Waals surface area (Å²) in [4.78, 5) is 63.5. The zero-order valence-corrected chi connectivity index (χ0v) is 46.5. The first-order valence-electron chi connectivity index (χ1n) is 25.0. The van der Waals surface area contributed by atoms with Gasteiger partial charge in [-0.2, -0.15) is 10.5 Å². The van der Waals surface area contributed by atoms with Crippen molar-refractivity contribution in [2.75, 3.05) is 38.1 Å². The lowest BCUT2D eigenvalue weighted by Gasteiger charge is -2.17. The van der Waals surface area contributed by atoms with Crippen molar-refractivity contribution in [3.63, 3.8) is 0 Å². The maximum Gasteiger partial charge on any atom is 0.311 e. The number of carbonyl (C=O) groups excluding carboxylic acids is 1. The number of aromatic nitrogens is 10. The van der Waals surface area contributed by atoms with Gasteiger partial charge in [0, 0.05) is 91.1 Å². The van der Waals surface area contributed by atoms with Crippen molar-refractivity contribution in [3.8, 4) is 56.9 Å². The van der Waals surface area contributed by atoms with Crippen LogP contribution < -0.4 is 15.5 Å². The average Bonchev–Trinajstić information content (AvgIpc) is 4.43. The molecule has 0 amide bonds. The number of aliphatic carboxylic acids is 1. The number of halogens is 4. The first-order chi connectivity index (χ1) is 38.7. The highest BCUT2D eigenvalue weighted by molar-refractivity contribution is 7.17. The minimum Gasteiger partial charge on any atom is -0.481 e. The van der Waals surface area contributed by atoms with Crippen molar-refractivity contribution in [2.24, 2.45) is 5.73 Å². The molecule has 2 aromatic carbocycles. The Bertz CT molecular complexity index is 3860. The van der Waals surface area contributed by atoms with Crippen molar-refractivity contribution in [2.45, 2.75) is 60.3 Å². The SMILES string of the molecule is C.CCC(=O)Cc1ncc(-c2ccc3nc(CC)c(N(C)c4nc(-c5ccc(F)cc5)c(C#N)s4)n3c2)cn1.CCc1nc2ccc(-c3cnc(CC(=O)O)nc3)cn2c1N(C)c1nc(-c2ccc(F)cc2)c(C#N)s1.CN.Cl.[2H]CF. The molecule has 418 valence electrons. The quantitative estimate of drug-likeness (QED) is 0.0968. The van der Waals surface area contributed by atoms with E-state index in [0.717, 1.165) is 56.6 Å². The van der Waals surface area contributed by atoms with Gasteiger partial charge in [0.15, 0.2) is 10.3 Å². The minimum atomic E-state index is -1.00. The fourth-order valence-corrected chi connectivity index (χ4v) is 9.86. The van der Waals surface area contributed by atoms with Crippen molar-refractivity contribution in [1.29, 1.82) is 10.5 Å². The van der Waals surface area contributed by atoms with E-state index in [0.29, 0.717) is 67.6 Å². The number of carboxylic acid groups (broad SMARTS) is 1. The highest BCUT2D eigenvalue weighted by atomic mass is 35.5. The fourth-order valence-electron chi connectivity index (χ4n) is 8.16. The van der Waals surface area contributed by atoms with Crippen LogP contribution in [0.1, 0.15) is 68.8 Å². The third-order valence-corrected chi connectivity index (χ3v) is 14.1. The van der Waals surface area contributed by atoms with E-state index in [1.807, 2.05) is 90.1 Å². The second-order valence-electron chi connectivity index (χ2n) is 16.9. The molecule has 0 spiro atoms. The molecule has 81 heavy (non-hydrogen) atoms. The van der Waals surface area contributed by atoms with E-state index >= 15 is 0 Å². The number of pyridine rings is 2. The summed E-state index contributed by atoms with van der Waals surface area (Å²) in [6.07, 6.45) is 12.4. The van der Waals surface area contributed by atoms with Gasteiger partial charge in [-0.1, -0.05) is 50.9 Å². The zero-order chi connectivity index (χ0) is 57.6. The number of aryl methyl sites for hydroxylation is 2. The van der Waals surface area contributed by atoms with Crippen LogP contribution in [0.3, 0.4) is 0 Å². The molecule has 24 heteroatoms. The number of benzene rings is 2. The number of hydrogen-bond donors (Lipinski definition) is 2. The van der Waals surface area contributed by atoms with Crippen molar-refractivity contribution < 1.29 is 29.2 Å². The summed E-state index contributed by atoms with van der Waals surface area (Å²) in [6.45, 7) is 5.88. The van der Waals surface area contributed by atoms with Crippen LogP contribution in [0.2, 0.25) is 0 Å². The van der Waals surface area contributed by atoms with E-state index in [4.69, 9.17) is 26.4 Å². The number of nitriles is 2. The molecule has 0 aliphatic rings. The Morgan fingerprint density at radius 3 is 1.32 bits per heavy atom. The van der Waals surface area contributed by atoms with Crippen molar-refractivity contribution in [3.05, 3.63) is 154 Å². The lowest BCUT2D eigenvalue weighted by Crippen LogP contribution is -2.13. The summed E-state index contributed by atoms with van der Waals surface area (Å²) in [7, 11) is 4.26. The molecular formula is C57H57ClF3N15O3S2. The molecule has 10 aromatic rings. The smallest absolute Gasteiger partial charge is 0.311 e. The number of imidazole rings is 2. The van der Waals surface area contributed by atoms with Gasteiger partial charge in [0.25, 0.3) is 0 Å². The Hall–Kier alpha value is -9.00. The van der Waals surface area contributed by atoms with E-state index in [2.05, 4.69) is 37.8 Å². The molecule has 8 heterocycles. The van der Waals surface area contributed by atoms with Gasteiger partial charge in [0.05, 0.1) is 26.3 Å². The van der Waals surface area contributed by atoms with Crippen molar-refractivity contribution >= 4 is 80.0 Å². The number of rotatable bonds is 15. The predicted molar refractivity (Wildman–Crippen MR) is 313 cm³/mol. The molecule has 0 fully saturated rings. The monoisotopic (exact) mass is 1160 g/mol. The van der Waals surface area contributed by atoms with Crippen LogP contribution in [0, 0.1) is 34.3 Å². The van der Waals surface area contributed by atoms with E-state index in [1.165, 1.54) is 54.0 Å². The maximum absolute atomic E-state index is 13.5. The molecule has 0 saturated heterocycles. The normalized spacial score (nSPS) is 10.5. The third kappa shape index (κ3) is 14.1. The van der Waals surface area contributed by atoms with Crippen LogP contribution in [-0.2, 0) is 35.3 Å². The second-order valence-corrected chi connectivity index (χ2v) is 18.8. The van der Waals surface area contributed by atoms with Gasteiger partial charge in [-0.15, -0.1) is 12.4 Å². The molecule has 10 rings (SSSR count). The highest BCUT2D eigenvalue weighted by Gasteiger charge is 2.24. The predicted octanol–water partition coefficient (Wildman–Crippen LogP) is 11.9.